The molecular formula is C19H30N2. The van der Waals surface area contributed by atoms with E-state index in [4.69, 9.17) is 5.73 Å². The monoisotopic (exact) mass is 286 g/mol. The molecule has 0 atom stereocenters. The van der Waals surface area contributed by atoms with Crippen LogP contribution >= 0.6 is 0 Å². The molecule has 1 aliphatic heterocycles. The first-order valence-corrected chi connectivity index (χ1v) is 8.79. The summed E-state index contributed by atoms with van der Waals surface area (Å²) in [5, 5.41) is 0. The second kappa shape index (κ2) is 6.50. The second-order valence-electron chi connectivity index (χ2n) is 7.07. The average molecular weight is 286 g/mol. The van der Waals surface area contributed by atoms with Crippen molar-refractivity contribution in [3.63, 3.8) is 0 Å². The maximum absolute atomic E-state index is 6.29. The highest BCUT2D eigenvalue weighted by atomic mass is 15.2. The molecule has 2 heteroatoms. The minimum absolute atomic E-state index is 0.267. The molecule has 1 aromatic carbocycles. The Bertz CT molecular complexity index is 460. The molecule has 1 aromatic rings. The molecular weight excluding hydrogens is 256 g/mol. The van der Waals surface area contributed by atoms with Crippen molar-refractivity contribution in [2.45, 2.75) is 64.0 Å². The van der Waals surface area contributed by atoms with Gasteiger partial charge < -0.3 is 5.73 Å². The molecule has 0 aromatic heterocycles. The summed E-state index contributed by atoms with van der Waals surface area (Å²) in [6.07, 6.45) is 9.16. The van der Waals surface area contributed by atoms with Crippen molar-refractivity contribution in [3.8, 4) is 0 Å². The number of fused-ring (bicyclic) bond motifs is 1. The molecule has 2 N–H and O–H groups in total. The lowest BCUT2D eigenvalue weighted by Crippen LogP contribution is -2.55. The Kier molecular flexibility index (Phi) is 4.66. The van der Waals surface area contributed by atoms with E-state index in [1.165, 1.54) is 57.1 Å². The fourth-order valence-corrected chi connectivity index (χ4v) is 4.38. The molecule has 116 valence electrons. The summed E-state index contributed by atoms with van der Waals surface area (Å²) >= 11 is 0. The van der Waals surface area contributed by atoms with Gasteiger partial charge in [0.05, 0.1) is 0 Å². The number of nitrogens with zero attached hydrogens (tertiary/aromatic N) is 1. The Morgan fingerprint density at radius 1 is 1.19 bits per heavy atom. The van der Waals surface area contributed by atoms with Gasteiger partial charge in [-0.05, 0) is 62.1 Å². The van der Waals surface area contributed by atoms with Crippen LogP contribution in [0.15, 0.2) is 24.3 Å². The van der Waals surface area contributed by atoms with Gasteiger partial charge in [-0.3, -0.25) is 4.90 Å². The van der Waals surface area contributed by atoms with Crippen molar-refractivity contribution >= 4 is 0 Å². The summed E-state index contributed by atoms with van der Waals surface area (Å²) in [6, 6.07) is 8.99. The number of benzene rings is 1. The Labute approximate surface area is 129 Å². The van der Waals surface area contributed by atoms with Crippen molar-refractivity contribution in [2.24, 2.45) is 11.7 Å². The summed E-state index contributed by atoms with van der Waals surface area (Å²) in [5.74, 6) is 0.934. The van der Waals surface area contributed by atoms with Gasteiger partial charge in [0, 0.05) is 18.6 Å². The maximum atomic E-state index is 6.29. The number of hydrogen-bond acceptors (Lipinski definition) is 2. The topological polar surface area (TPSA) is 29.3 Å². The fraction of sp³-hybridized carbons (Fsp3) is 0.684. The summed E-state index contributed by atoms with van der Waals surface area (Å²) in [4.78, 5) is 2.73. The normalized spacial score (nSPS) is 30.7. The van der Waals surface area contributed by atoms with Gasteiger partial charge in [0.25, 0.3) is 0 Å². The Balaban J connectivity index is 1.78. The summed E-state index contributed by atoms with van der Waals surface area (Å²) in [7, 11) is 0. The number of nitrogens with two attached hydrogens (primary N) is 1. The largest absolute Gasteiger partial charge is 0.329 e. The third-order valence-electron chi connectivity index (χ3n) is 6.02. The number of rotatable bonds is 3. The zero-order valence-corrected chi connectivity index (χ0v) is 13.5. The van der Waals surface area contributed by atoms with Gasteiger partial charge in [0.2, 0.25) is 0 Å². The molecule has 0 unspecified atom stereocenters. The van der Waals surface area contributed by atoms with E-state index in [-0.39, 0.29) is 5.54 Å². The quantitative estimate of drug-likeness (QED) is 0.917. The van der Waals surface area contributed by atoms with Crippen LogP contribution in [-0.4, -0.2) is 23.5 Å². The van der Waals surface area contributed by atoms with Crippen molar-refractivity contribution in [1.82, 2.24) is 4.90 Å². The van der Waals surface area contributed by atoms with E-state index in [1.807, 2.05) is 0 Å². The van der Waals surface area contributed by atoms with E-state index < -0.39 is 0 Å². The van der Waals surface area contributed by atoms with E-state index in [2.05, 4.69) is 36.1 Å². The highest BCUT2D eigenvalue weighted by Gasteiger charge is 2.39. The predicted octanol–water partition coefficient (Wildman–Crippen LogP) is 3.73. The van der Waals surface area contributed by atoms with Crippen LogP contribution in [0.4, 0.5) is 0 Å². The van der Waals surface area contributed by atoms with Crippen LogP contribution in [0.1, 0.15) is 56.6 Å². The van der Waals surface area contributed by atoms with Crippen LogP contribution in [0.25, 0.3) is 0 Å². The number of hydrogen-bond donors (Lipinski definition) is 1. The maximum Gasteiger partial charge on any atom is 0.0335 e. The molecule has 1 heterocycles. The van der Waals surface area contributed by atoms with E-state index in [0.29, 0.717) is 0 Å². The molecule has 0 saturated heterocycles. The minimum atomic E-state index is 0.267. The first-order valence-electron chi connectivity index (χ1n) is 8.79. The lowest BCUT2D eigenvalue weighted by molar-refractivity contribution is 0.0360. The van der Waals surface area contributed by atoms with Crippen molar-refractivity contribution in [1.29, 1.82) is 0 Å². The minimum Gasteiger partial charge on any atom is -0.329 e. The standard InChI is InChI=1S/C19H30N2/c1-2-16-9-11-19(15-20,12-10-16)21-13-5-8-17-6-3-4-7-18(17)14-21/h3-4,6-7,16H,2,5,8-15,20H2,1H3. The number of aryl methyl sites for hydroxylation is 1. The lowest BCUT2D eigenvalue weighted by Gasteiger charge is -2.47. The van der Waals surface area contributed by atoms with E-state index >= 15 is 0 Å². The van der Waals surface area contributed by atoms with Gasteiger partial charge in [-0.15, -0.1) is 0 Å². The zero-order valence-electron chi connectivity index (χ0n) is 13.5. The van der Waals surface area contributed by atoms with Crippen LogP contribution < -0.4 is 5.73 Å². The third kappa shape index (κ3) is 3.02. The zero-order chi connectivity index (χ0) is 14.7. The van der Waals surface area contributed by atoms with Crippen LogP contribution in [-0.2, 0) is 13.0 Å². The average Bonchev–Trinajstić information content (AvgIpc) is 2.77. The second-order valence-corrected chi connectivity index (χ2v) is 7.07. The van der Waals surface area contributed by atoms with Gasteiger partial charge in [0.15, 0.2) is 0 Å². The van der Waals surface area contributed by atoms with Gasteiger partial charge in [-0.1, -0.05) is 37.6 Å². The van der Waals surface area contributed by atoms with E-state index in [0.717, 1.165) is 19.0 Å². The smallest absolute Gasteiger partial charge is 0.0335 e. The van der Waals surface area contributed by atoms with Gasteiger partial charge >= 0.3 is 0 Å². The van der Waals surface area contributed by atoms with Crippen molar-refractivity contribution in [3.05, 3.63) is 35.4 Å². The Morgan fingerprint density at radius 3 is 2.57 bits per heavy atom. The molecule has 21 heavy (non-hydrogen) atoms. The van der Waals surface area contributed by atoms with Gasteiger partial charge in [0.1, 0.15) is 0 Å². The first-order chi connectivity index (χ1) is 10.3. The lowest BCUT2D eigenvalue weighted by atomic mass is 9.74. The molecule has 0 spiro atoms. The van der Waals surface area contributed by atoms with Crippen LogP contribution in [0.3, 0.4) is 0 Å². The van der Waals surface area contributed by atoms with E-state index in [1.54, 1.807) is 5.56 Å². The van der Waals surface area contributed by atoms with Crippen molar-refractivity contribution in [2.75, 3.05) is 13.1 Å². The Hall–Kier alpha value is -0.860. The molecule has 1 aliphatic carbocycles. The van der Waals surface area contributed by atoms with Crippen LogP contribution in [0, 0.1) is 5.92 Å². The molecule has 0 bridgehead atoms. The summed E-state index contributed by atoms with van der Waals surface area (Å²) in [6.45, 7) is 5.47. The van der Waals surface area contributed by atoms with Gasteiger partial charge in [-0.2, -0.15) is 0 Å². The predicted molar refractivity (Wildman–Crippen MR) is 89.2 cm³/mol. The van der Waals surface area contributed by atoms with Crippen molar-refractivity contribution < 1.29 is 0 Å². The summed E-state index contributed by atoms with van der Waals surface area (Å²) in [5.41, 5.74) is 9.63. The molecule has 0 amide bonds. The highest BCUT2D eigenvalue weighted by molar-refractivity contribution is 5.28. The highest BCUT2D eigenvalue weighted by Crippen LogP contribution is 2.39. The molecule has 1 saturated carbocycles. The first kappa shape index (κ1) is 15.1. The van der Waals surface area contributed by atoms with Crippen LogP contribution in [0.5, 0.6) is 0 Å². The van der Waals surface area contributed by atoms with E-state index in [9.17, 15) is 0 Å². The molecule has 3 rings (SSSR count). The fourth-order valence-electron chi connectivity index (χ4n) is 4.38. The summed E-state index contributed by atoms with van der Waals surface area (Å²) < 4.78 is 0. The van der Waals surface area contributed by atoms with Gasteiger partial charge in [-0.25, -0.2) is 0 Å². The molecule has 1 fully saturated rings. The molecule has 0 radical (unpaired) electrons. The van der Waals surface area contributed by atoms with Crippen LogP contribution in [0.2, 0.25) is 0 Å². The SMILES string of the molecule is CCC1CCC(CN)(N2CCCc3ccccc3C2)CC1. The molecule has 2 aliphatic rings. The molecule has 2 nitrogen and oxygen atoms in total. The third-order valence-corrected chi connectivity index (χ3v) is 6.02. The Morgan fingerprint density at radius 2 is 1.90 bits per heavy atom.